The van der Waals surface area contributed by atoms with Gasteiger partial charge in [-0.05, 0) is 32.5 Å². The van der Waals surface area contributed by atoms with Crippen molar-refractivity contribution in [2.75, 3.05) is 20.6 Å². The van der Waals surface area contributed by atoms with Crippen LogP contribution in [-0.2, 0) is 4.79 Å². The quantitative estimate of drug-likeness (QED) is 0.797. The van der Waals surface area contributed by atoms with Gasteiger partial charge in [0.15, 0.2) is 0 Å². The topological polar surface area (TPSA) is 71.5 Å². The molecule has 0 radical (unpaired) electrons. The number of furan rings is 1. The summed E-state index contributed by atoms with van der Waals surface area (Å²) in [6.07, 6.45) is 0.850. The average molecular weight is 281 g/mol. The van der Waals surface area contributed by atoms with Gasteiger partial charge in [0.25, 0.3) is 0 Å². The van der Waals surface area contributed by atoms with Crippen molar-refractivity contribution in [2.45, 2.75) is 39.3 Å². The molecule has 5 heteroatoms. The number of likely N-dealkylation sites (N-methyl/N-ethyl adjacent to an activating group) is 1. The number of carbonyl (C=O) groups is 1. The van der Waals surface area contributed by atoms with Gasteiger partial charge in [-0.15, -0.1) is 0 Å². The summed E-state index contributed by atoms with van der Waals surface area (Å²) in [6.45, 7) is 6.53. The second-order valence-electron chi connectivity index (χ2n) is 5.42. The zero-order chi connectivity index (χ0) is 15.3. The number of nitrogens with two attached hydrogens (primary N) is 1. The van der Waals surface area contributed by atoms with Crippen LogP contribution in [0.4, 0.5) is 0 Å². The van der Waals surface area contributed by atoms with E-state index in [-0.39, 0.29) is 23.9 Å². The molecule has 1 amide bonds. The number of hydrogen-bond donors (Lipinski definition) is 2. The Bertz CT molecular complexity index is 431. The number of aryl methyl sites for hydroxylation is 1. The smallest absolute Gasteiger partial charge is 0.223 e. The highest BCUT2D eigenvalue weighted by atomic mass is 16.3. The Balaban J connectivity index is 2.86. The van der Waals surface area contributed by atoms with Crippen LogP contribution in [0.1, 0.15) is 37.8 Å². The molecular weight excluding hydrogens is 254 g/mol. The van der Waals surface area contributed by atoms with E-state index < -0.39 is 0 Å². The first-order chi connectivity index (χ1) is 9.40. The van der Waals surface area contributed by atoms with E-state index in [0.29, 0.717) is 6.54 Å². The number of carbonyl (C=O) groups excluding carboxylic acids is 1. The van der Waals surface area contributed by atoms with Crippen molar-refractivity contribution in [3.8, 4) is 0 Å². The van der Waals surface area contributed by atoms with E-state index in [1.54, 1.807) is 7.05 Å². The first kappa shape index (κ1) is 16.7. The van der Waals surface area contributed by atoms with Crippen LogP contribution in [-0.4, -0.2) is 37.5 Å². The number of nitrogens with one attached hydrogen (secondary N) is 1. The Morgan fingerprint density at radius 1 is 1.50 bits per heavy atom. The molecule has 3 unspecified atom stereocenters. The van der Waals surface area contributed by atoms with Crippen molar-refractivity contribution < 1.29 is 9.21 Å². The Morgan fingerprint density at radius 2 is 2.15 bits per heavy atom. The van der Waals surface area contributed by atoms with Gasteiger partial charge < -0.3 is 15.5 Å². The Hall–Kier alpha value is -1.33. The molecule has 3 atom stereocenters. The van der Waals surface area contributed by atoms with Gasteiger partial charge in [-0.3, -0.25) is 9.69 Å². The molecule has 5 nitrogen and oxygen atoms in total. The molecule has 1 heterocycles. The second kappa shape index (κ2) is 7.45. The van der Waals surface area contributed by atoms with Crippen LogP contribution in [0.15, 0.2) is 16.5 Å². The van der Waals surface area contributed by atoms with E-state index in [9.17, 15) is 4.79 Å². The lowest BCUT2D eigenvalue weighted by atomic mass is 10.0. The Labute approximate surface area is 121 Å². The number of hydrogen-bond acceptors (Lipinski definition) is 4. The third kappa shape index (κ3) is 4.08. The highest BCUT2D eigenvalue weighted by Gasteiger charge is 2.28. The van der Waals surface area contributed by atoms with E-state index >= 15 is 0 Å². The van der Waals surface area contributed by atoms with Crippen LogP contribution in [0.3, 0.4) is 0 Å². The molecule has 0 saturated heterocycles. The fourth-order valence-corrected chi connectivity index (χ4v) is 2.47. The zero-order valence-electron chi connectivity index (χ0n) is 13.1. The molecule has 0 fully saturated rings. The van der Waals surface area contributed by atoms with Crippen molar-refractivity contribution in [1.82, 2.24) is 10.2 Å². The van der Waals surface area contributed by atoms with Crippen molar-refractivity contribution in [3.63, 3.8) is 0 Å². The summed E-state index contributed by atoms with van der Waals surface area (Å²) >= 11 is 0. The molecule has 0 spiro atoms. The van der Waals surface area contributed by atoms with Gasteiger partial charge in [-0.25, -0.2) is 0 Å². The van der Waals surface area contributed by atoms with E-state index in [0.717, 1.165) is 17.9 Å². The minimum atomic E-state index is -0.0902. The number of rotatable bonds is 7. The molecule has 0 aromatic carbocycles. The summed E-state index contributed by atoms with van der Waals surface area (Å²) in [5, 5.41) is 2.68. The minimum absolute atomic E-state index is 0.0131. The van der Waals surface area contributed by atoms with Gasteiger partial charge >= 0.3 is 0 Å². The molecule has 1 aromatic heterocycles. The summed E-state index contributed by atoms with van der Waals surface area (Å²) in [7, 11) is 3.64. The first-order valence-electron chi connectivity index (χ1n) is 7.14. The summed E-state index contributed by atoms with van der Waals surface area (Å²) in [5.74, 6) is 1.69. The lowest BCUT2D eigenvalue weighted by Gasteiger charge is -2.32. The van der Waals surface area contributed by atoms with Crippen LogP contribution in [0.2, 0.25) is 0 Å². The molecule has 0 saturated carbocycles. The summed E-state index contributed by atoms with van der Waals surface area (Å²) < 4.78 is 5.74. The van der Waals surface area contributed by atoms with Crippen LogP contribution >= 0.6 is 0 Å². The standard InChI is InChI=1S/C15H27N3O2/c1-6-12(16)14(13-8-7-11(3)20-13)18(5)9-10(2)15(19)17-4/h7-8,10,12,14H,6,9,16H2,1-5H3,(H,17,19). The third-order valence-electron chi connectivity index (χ3n) is 3.66. The molecule has 1 aromatic rings. The molecule has 3 N–H and O–H groups in total. The van der Waals surface area contributed by atoms with Crippen molar-refractivity contribution in [1.29, 1.82) is 0 Å². The van der Waals surface area contributed by atoms with Crippen LogP contribution in [0.5, 0.6) is 0 Å². The van der Waals surface area contributed by atoms with Crippen molar-refractivity contribution in [2.24, 2.45) is 11.7 Å². The largest absolute Gasteiger partial charge is 0.465 e. The highest BCUT2D eigenvalue weighted by Crippen LogP contribution is 2.26. The molecule has 1 rings (SSSR count). The number of amides is 1. The van der Waals surface area contributed by atoms with Gasteiger partial charge in [-0.2, -0.15) is 0 Å². The average Bonchev–Trinajstić information content (AvgIpc) is 2.83. The van der Waals surface area contributed by atoms with Gasteiger partial charge in [0, 0.05) is 25.6 Å². The fourth-order valence-electron chi connectivity index (χ4n) is 2.47. The van der Waals surface area contributed by atoms with Crippen LogP contribution in [0, 0.1) is 12.8 Å². The maximum Gasteiger partial charge on any atom is 0.223 e. The van der Waals surface area contributed by atoms with Gasteiger partial charge in [0.05, 0.1) is 6.04 Å². The van der Waals surface area contributed by atoms with E-state index in [1.807, 2.05) is 33.0 Å². The summed E-state index contributed by atoms with van der Waals surface area (Å²) in [6, 6.07) is 3.88. The maximum absolute atomic E-state index is 11.7. The lowest BCUT2D eigenvalue weighted by molar-refractivity contribution is -0.124. The monoisotopic (exact) mass is 281 g/mol. The first-order valence-corrected chi connectivity index (χ1v) is 7.14. The zero-order valence-corrected chi connectivity index (χ0v) is 13.1. The lowest BCUT2D eigenvalue weighted by Crippen LogP contribution is -2.42. The third-order valence-corrected chi connectivity index (χ3v) is 3.66. The minimum Gasteiger partial charge on any atom is -0.465 e. The van der Waals surface area contributed by atoms with Gasteiger partial charge in [0.2, 0.25) is 5.91 Å². The van der Waals surface area contributed by atoms with E-state index in [4.69, 9.17) is 10.2 Å². The summed E-state index contributed by atoms with van der Waals surface area (Å²) in [5.41, 5.74) is 6.24. The predicted molar refractivity (Wildman–Crippen MR) is 80.3 cm³/mol. The maximum atomic E-state index is 11.7. The highest BCUT2D eigenvalue weighted by molar-refractivity contribution is 5.78. The molecule has 0 aliphatic heterocycles. The van der Waals surface area contributed by atoms with Gasteiger partial charge in [-0.1, -0.05) is 13.8 Å². The van der Waals surface area contributed by atoms with E-state index in [1.165, 1.54) is 0 Å². The number of nitrogens with zero attached hydrogens (tertiary/aromatic N) is 1. The predicted octanol–water partition coefficient (Wildman–Crippen LogP) is 1.68. The Kier molecular flexibility index (Phi) is 6.23. The van der Waals surface area contributed by atoms with Gasteiger partial charge in [0.1, 0.15) is 11.5 Å². The van der Waals surface area contributed by atoms with Crippen LogP contribution in [0.25, 0.3) is 0 Å². The van der Waals surface area contributed by atoms with E-state index in [2.05, 4.69) is 17.1 Å². The van der Waals surface area contributed by atoms with Crippen molar-refractivity contribution >= 4 is 5.91 Å². The molecule has 0 aliphatic carbocycles. The molecule has 114 valence electrons. The van der Waals surface area contributed by atoms with Crippen molar-refractivity contribution in [3.05, 3.63) is 23.7 Å². The SMILES string of the molecule is CCC(N)C(c1ccc(C)o1)N(C)CC(C)C(=O)NC. The molecule has 20 heavy (non-hydrogen) atoms. The normalized spacial score (nSPS) is 15.9. The molecule has 0 aliphatic rings. The van der Waals surface area contributed by atoms with Crippen LogP contribution < -0.4 is 11.1 Å². The Morgan fingerprint density at radius 3 is 2.60 bits per heavy atom. The summed E-state index contributed by atoms with van der Waals surface area (Å²) in [4.78, 5) is 13.8. The molecular formula is C15H27N3O2. The second-order valence-corrected chi connectivity index (χ2v) is 5.42. The fraction of sp³-hybridized carbons (Fsp3) is 0.667. The molecule has 0 bridgehead atoms.